The molecule has 3 rings (SSSR count). The molecule has 2 aromatic rings. The fourth-order valence-electron chi connectivity index (χ4n) is 2.83. The third-order valence-electron chi connectivity index (χ3n) is 4.11. The summed E-state index contributed by atoms with van der Waals surface area (Å²) in [5, 5.41) is 13.7. The molecule has 1 atom stereocenters. The Morgan fingerprint density at radius 2 is 2.15 bits per heavy atom. The summed E-state index contributed by atoms with van der Waals surface area (Å²) in [7, 11) is 0. The molecule has 1 fully saturated rings. The molecule has 26 heavy (non-hydrogen) atoms. The lowest BCUT2D eigenvalue weighted by molar-refractivity contribution is 0.198. The van der Waals surface area contributed by atoms with E-state index >= 15 is 0 Å². The van der Waals surface area contributed by atoms with Crippen LogP contribution in [0.1, 0.15) is 25.8 Å². The molecule has 4 N–H and O–H groups in total. The first-order valence-corrected chi connectivity index (χ1v) is 9.06. The van der Waals surface area contributed by atoms with E-state index in [1.807, 2.05) is 43.0 Å². The van der Waals surface area contributed by atoms with Crippen molar-refractivity contribution in [2.24, 2.45) is 0 Å². The lowest BCUT2D eigenvalue weighted by atomic mass is 10.2. The molecule has 0 radical (unpaired) electrons. The van der Waals surface area contributed by atoms with E-state index in [9.17, 15) is 5.11 Å². The minimum atomic E-state index is -0.377. The van der Waals surface area contributed by atoms with Crippen LogP contribution in [0, 0.1) is 0 Å². The Morgan fingerprint density at radius 1 is 1.38 bits per heavy atom. The van der Waals surface area contributed by atoms with Crippen molar-refractivity contribution in [1.82, 2.24) is 9.97 Å². The third-order valence-corrected chi connectivity index (χ3v) is 4.48. The molecule has 140 valence electrons. The molecule has 0 saturated carbocycles. The second-order valence-electron chi connectivity index (χ2n) is 6.59. The Labute approximate surface area is 158 Å². The van der Waals surface area contributed by atoms with Crippen LogP contribution in [0.25, 0.3) is 0 Å². The average Bonchev–Trinajstić information content (AvgIpc) is 3.02. The van der Waals surface area contributed by atoms with Crippen LogP contribution in [-0.2, 0) is 6.54 Å². The van der Waals surface area contributed by atoms with Crippen LogP contribution in [0.4, 0.5) is 17.3 Å². The number of nitrogens with zero attached hydrogens (tertiary/aromatic N) is 3. The van der Waals surface area contributed by atoms with E-state index in [2.05, 4.69) is 15.3 Å². The summed E-state index contributed by atoms with van der Waals surface area (Å²) in [6.45, 7) is 5.48. The van der Waals surface area contributed by atoms with Crippen LogP contribution in [-0.4, -0.2) is 40.4 Å². The van der Waals surface area contributed by atoms with Crippen molar-refractivity contribution in [3.05, 3.63) is 34.9 Å². The normalized spacial score (nSPS) is 17.0. The molecule has 7 nitrogen and oxygen atoms in total. The Balaban J connectivity index is 1.88. The zero-order valence-corrected chi connectivity index (χ0v) is 15.7. The van der Waals surface area contributed by atoms with Crippen molar-refractivity contribution >= 4 is 28.9 Å². The maximum absolute atomic E-state index is 9.83. The SMILES string of the molecule is CC(C)Oc1nc(NCc2ccccc2Cl)c(N)c(N2CCC(O)C2)n1. The Morgan fingerprint density at radius 3 is 2.81 bits per heavy atom. The lowest BCUT2D eigenvalue weighted by Crippen LogP contribution is -2.25. The van der Waals surface area contributed by atoms with Crippen LogP contribution in [0.15, 0.2) is 24.3 Å². The summed E-state index contributed by atoms with van der Waals surface area (Å²) >= 11 is 6.22. The predicted octanol–water partition coefficient (Wildman–Crippen LogP) is 2.68. The fraction of sp³-hybridized carbons (Fsp3) is 0.444. The molecule has 0 aliphatic carbocycles. The number of rotatable bonds is 6. The summed E-state index contributed by atoms with van der Waals surface area (Å²) in [6, 6.07) is 7.85. The number of anilines is 3. The number of nitrogen functional groups attached to an aromatic ring is 1. The van der Waals surface area contributed by atoms with Gasteiger partial charge < -0.3 is 25.8 Å². The van der Waals surface area contributed by atoms with Gasteiger partial charge in [-0.2, -0.15) is 9.97 Å². The average molecular weight is 378 g/mol. The quantitative estimate of drug-likeness (QED) is 0.712. The van der Waals surface area contributed by atoms with Gasteiger partial charge in [0.15, 0.2) is 11.6 Å². The molecular weight excluding hydrogens is 354 g/mol. The smallest absolute Gasteiger partial charge is 0.320 e. The fourth-order valence-corrected chi connectivity index (χ4v) is 3.03. The topological polar surface area (TPSA) is 96.5 Å². The van der Waals surface area contributed by atoms with Crippen molar-refractivity contribution < 1.29 is 9.84 Å². The summed E-state index contributed by atoms with van der Waals surface area (Å²) in [5.41, 5.74) is 7.69. The van der Waals surface area contributed by atoms with E-state index in [1.165, 1.54) is 0 Å². The molecule has 1 aliphatic heterocycles. The molecule has 8 heteroatoms. The highest BCUT2D eigenvalue weighted by Gasteiger charge is 2.26. The molecule has 0 bridgehead atoms. The molecule has 0 spiro atoms. The van der Waals surface area contributed by atoms with Crippen LogP contribution < -0.4 is 20.7 Å². The first kappa shape index (κ1) is 18.5. The number of aliphatic hydroxyl groups excluding tert-OH is 1. The van der Waals surface area contributed by atoms with Gasteiger partial charge in [-0.1, -0.05) is 29.8 Å². The van der Waals surface area contributed by atoms with Gasteiger partial charge in [0.1, 0.15) is 5.69 Å². The zero-order chi connectivity index (χ0) is 18.7. The summed E-state index contributed by atoms with van der Waals surface area (Å²) in [4.78, 5) is 10.8. The first-order valence-electron chi connectivity index (χ1n) is 8.68. The number of nitrogens with one attached hydrogen (secondary N) is 1. The summed E-state index contributed by atoms with van der Waals surface area (Å²) in [6.07, 6.45) is 0.247. The van der Waals surface area contributed by atoms with E-state index in [1.54, 1.807) is 0 Å². The molecule has 1 aromatic heterocycles. The van der Waals surface area contributed by atoms with E-state index in [-0.39, 0.29) is 18.2 Å². The Bertz CT molecular complexity index is 771. The number of ether oxygens (including phenoxy) is 1. The number of hydrogen-bond donors (Lipinski definition) is 3. The number of aliphatic hydroxyl groups is 1. The summed E-state index contributed by atoms with van der Waals surface area (Å²) in [5.74, 6) is 1.07. The maximum atomic E-state index is 9.83. The number of nitrogens with two attached hydrogens (primary N) is 1. The van der Waals surface area contributed by atoms with Gasteiger partial charge in [-0.05, 0) is 31.9 Å². The molecule has 1 saturated heterocycles. The lowest BCUT2D eigenvalue weighted by Gasteiger charge is -2.22. The monoisotopic (exact) mass is 377 g/mol. The van der Waals surface area contributed by atoms with Crippen molar-refractivity contribution in [1.29, 1.82) is 0 Å². The van der Waals surface area contributed by atoms with Gasteiger partial charge in [0, 0.05) is 24.7 Å². The van der Waals surface area contributed by atoms with E-state index in [4.69, 9.17) is 22.1 Å². The second kappa shape index (κ2) is 7.97. The molecule has 2 heterocycles. The number of benzene rings is 1. The van der Waals surface area contributed by atoms with Gasteiger partial charge in [0.05, 0.1) is 12.2 Å². The highest BCUT2D eigenvalue weighted by atomic mass is 35.5. The number of hydrogen-bond acceptors (Lipinski definition) is 7. The van der Waals surface area contributed by atoms with Gasteiger partial charge in [0.2, 0.25) is 0 Å². The van der Waals surface area contributed by atoms with Crippen molar-refractivity contribution in [2.75, 3.05) is 29.0 Å². The van der Waals surface area contributed by atoms with Gasteiger partial charge in [-0.15, -0.1) is 0 Å². The number of aromatic nitrogens is 2. The minimum Gasteiger partial charge on any atom is -0.461 e. The van der Waals surface area contributed by atoms with Gasteiger partial charge in [-0.3, -0.25) is 0 Å². The Kier molecular flexibility index (Phi) is 5.68. The zero-order valence-electron chi connectivity index (χ0n) is 14.9. The highest BCUT2D eigenvalue weighted by molar-refractivity contribution is 6.31. The second-order valence-corrected chi connectivity index (χ2v) is 7.00. The van der Waals surface area contributed by atoms with Crippen LogP contribution in [0.3, 0.4) is 0 Å². The first-order chi connectivity index (χ1) is 12.4. The van der Waals surface area contributed by atoms with Gasteiger partial charge in [-0.25, -0.2) is 0 Å². The van der Waals surface area contributed by atoms with Gasteiger partial charge in [0.25, 0.3) is 0 Å². The molecular formula is C18H24ClN5O2. The van der Waals surface area contributed by atoms with Crippen LogP contribution >= 0.6 is 11.6 Å². The largest absolute Gasteiger partial charge is 0.461 e. The maximum Gasteiger partial charge on any atom is 0.320 e. The standard InChI is InChI=1S/C18H24ClN5O2/c1-11(2)26-18-22-16(21-9-12-5-3-4-6-14(12)19)15(20)17(23-18)24-8-7-13(25)10-24/h3-6,11,13,25H,7-10,20H2,1-2H3,(H,21,22,23). The summed E-state index contributed by atoms with van der Waals surface area (Å²) < 4.78 is 5.68. The minimum absolute atomic E-state index is 0.0629. The molecule has 1 aliphatic rings. The van der Waals surface area contributed by atoms with Crippen molar-refractivity contribution in [3.63, 3.8) is 0 Å². The highest BCUT2D eigenvalue weighted by Crippen LogP contribution is 2.32. The predicted molar refractivity (Wildman–Crippen MR) is 104 cm³/mol. The van der Waals surface area contributed by atoms with Crippen LogP contribution in [0.2, 0.25) is 5.02 Å². The molecule has 1 unspecified atom stereocenters. The van der Waals surface area contributed by atoms with Crippen molar-refractivity contribution in [2.45, 2.75) is 39.0 Å². The molecule has 1 aromatic carbocycles. The van der Waals surface area contributed by atoms with E-state index in [0.29, 0.717) is 48.4 Å². The van der Waals surface area contributed by atoms with E-state index < -0.39 is 0 Å². The third kappa shape index (κ3) is 4.28. The van der Waals surface area contributed by atoms with Gasteiger partial charge >= 0.3 is 6.01 Å². The van der Waals surface area contributed by atoms with Crippen LogP contribution in [0.5, 0.6) is 6.01 Å². The number of β-amino-alcohol motifs (C(OH)–C–C–N with tert-alkyl or cyclic N) is 1. The Hall–Kier alpha value is -2.25. The molecule has 0 amide bonds. The number of halogens is 1. The van der Waals surface area contributed by atoms with E-state index in [0.717, 1.165) is 5.56 Å². The van der Waals surface area contributed by atoms with Crippen molar-refractivity contribution in [3.8, 4) is 6.01 Å².